The Balaban J connectivity index is 1.69. The van der Waals surface area contributed by atoms with E-state index in [2.05, 4.69) is 24.0 Å². The predicted molar refractivity (Wildman–Crippen MR) is 96.2 cm³/mol. The Labute approximate surface area is 148 Å². The Kier molecular flexibility index (Phi) is 5.07. The third-order valence-electron chi connectivity index (χ3n) is 5.28. The SMILES string of the molecule is Cc1ccc(CN2CC[C@]3(O)CCN(S(=O)(=O)N(C)C)C[C@@H]3C2)s1. The van der Waals surface area contributed by atoms with Crippen LogP contribution in [0.1, 0.15) is 22.6 Å². The fraction of sp³-hybridized carbons (Fsp3) is 0.750. The van der Waals surface area contributed by atoms with Gasteiger partial charge in [0.25, 0.3) is 10.2 Å². The van der Waals surface area contributed by atoms with Gasteiger partial charge in [-0.2, -0.15) is 17.0 Å². The van der Waals surface area contributed by atoms with Crippen molar-refractivity contribution in [2.24, 2.45) is 5.92 Å². The molecule has 24 heavy (non-hydrogen) atoms. The summed E-state index contributed by atoms with van der Waals surface area (Å²) in [5, 5.41) is 10.9. The average molecular weight is 374 g/mol. The summed E-state index contributed by atoms with van der Waals surface area (Å²) in [6, 6.07) is 4.29. The second-order valence-electron chi connectivity index (χ2n) is 7.20. The van der Waals surface area contributed by atoms with Crippen LogP contribution < -0.4 is 0 Å². The molecule has 136 valence electrons. The maximum absolute atomic E-state index is 12.4. The van der Waals surface area contributed by atoms with Gasteiger partial charge in [0.2, 0.25) is 0 Å². The van der Waals surface area contributed by atoms with E-state index in [1.54, 1.807) is 25.4 Å². The Bertz CT molecular complexity index is 688. The molecule has 6 nitrogen and oxygen atoms in total. The second-order valence-corrected chi connectivity index (χ2v) is 10.7. The van der Waals surface area contributed by atoms with E-state index < -0.39 is 15.8 Å². The normalized spacial score (nSPS) is 29.8. The van der Waals surface area contributed by atoms with Crippen molar-refractivity contribution in [2.45, 2.75) is 31.9 Å². The summed E-state index contributed by atoms with van der Waals surface area (Å²) in [5.74, 6) is -0.0317. The van der Waals surface area contributed by atoms with Gasteiger partial charge in [0.05, 0.1) is 5.60 Å². The molecule has 2 saturated heterocycles. The van der Waals surface area contributed by atoms with Crippen LogP contribution in [0.5, 0.6) is 0 Å². The molecule has 8 heteroatoms. The lowest BCUT2D eigenvalue weighted by Crippen LogP contribution is -2.61. The van der Waals surface area contributed by atoms with Crippen molar-refractivity contribution in [3.8, 4) is 0 Å². The topological polar surface area (TPSA) is 64.1 Å². The van der Waals surface area contributed by atoms with E-state index in [-0.39, 0.29) is 5.92 Å². The molecule has 3 heterocycles. The molecular weight excluding hydrogens is 346 g/mol. The Morgan fingerprint density at radius 1 is 1.29 bits per heavy atom. The molecule has 2 atom stereocenters. The van der Waals surface area contributed by atoms with E-state index in [0.29, 0.717) is 19.5 Å². The molecule has 2 aliphatic heterocycles. The number of rotatable bonds is 4. The molecule has 1 aromatic rings. The van der Waals surface area contributed by atoms with Crippen molar-refractivity contribution < 1.29 is 13.5 Å². The van der Waals surface area contributed by atoms with Gasteiger partial charge in [0.15, 0.2) is 0 Å². The van der Waals surface area contributed by atoms with Gasteiger partial charge in [0.1, 0.15) is 0 Å². The lowest BCUT2D eigenvalue weighted by Gasteiger charge is -2.50. The smallest absolute Gasteiger partial charge is 0.281 e. The lowest BCUT2D eigenvalue weighted by atomic mass is 9.76. The highest BCUT2D eigenvalue weighted by atomic mass is 32.2. The van der Waals surface area contributed by atoms with E-state index in [9.17, 15) is 13.5 Å². The van der Waals surface area contributed by atoms with Crippen LogP contribution in [0.4, 0.5) is 0 Å². The highest BCUT2D eigenvalue weighted by Crippen LogP contribution is 2.37. The minimum absolute atomic E-state index is 0.0317. The highest BCUT2D eigenvalue weighted by molar-refractivity contribution is 7.86. The molecule has 0 aliphatic carbocycles. The van der Waals surface area contributed by atoms with Crippen LogP contribution in [0.3, 0.4) is 0 Å². The lowest BCUT2D eigenvalue weighted by molar-refractivity contribution is -0.103. The zero-order chi connectivity index (χ0) is 17.5. The summed E-state index contributed by atoms with van der Waals surface area (Å²) in [6.45, 7) is 5.39. The van der Waals surface area contributed by atoms with Gasteiger partial charge < -0.3 is 5.11 Å². The van der Waals surface area contributed by atoms with Crippen molar-refractivity contribution in [3.63, 3.8) is 0 Å². The maximum atomic E-state index is 12.4. The quantitative estimate of drug-likeness (QED) is 0.859. The molecule has 1 aromatic heterocycles. The first-order valence-corrected chi connectivity index (χ1v) is 10.6. The summed E-state index contributed by atoms with van der Waals surface area (Å²) >= 11 is 1.80. The Morgan fingerprint density at radius 3 is 2.62 bits per heavy atom. The van der Waals surface area contributed by atoms with Gasteiger partial charge in [0, 0.05) is 62.5 Å². The molecule has 2 fully saturated rings. The van der Waals surface area contributed by atoms with E-state index >= 15 is 0 Å². The maximum Gasteiger partial charge on any atom is 0.281 e. The van der Waals surface area contributed by atoms with E-state index in [4.69, 9.17) is 0 Å². The summed E-state index contributed by atoms with van der Waals surface area (Å²) in [4.78, 5) is 4.97. The number of piperidine rings is 2. The van der Waals surface area contributed by atoms with E-state index in [1.807, 2.05) is 0 Å². The molecule has 0 bridgehead atoms. The van der Waals surface area contributed by atoms with Gasteiger partial charge >= 0.3 is 0 Å². The second kappa shape index (κ2) is 6.66. The summed E-state index contributed by atoms with van der Waals surface area (Å²) in [7, 11) is -0.295. The van der Waals surface area contributed by atoms with Gasteiger partial charge in [-0.05, 0) is 31.9 Å². The molecular formula is C16H27N3O3S2. The van der Waals surface area contributed by atoms with Crippen molar-refractivity contribution in [3.05, 3.63) is 21.9 Å². The molecule has 0 saturated carbocycles. The highest BCUT2D eigenvalue weighted by Gasteiger charge is 2.47. The molecule has 1 N–H and O–H groups in total. The van der Waals surface area contributed by atoms with Crippen molar-refractivity contribution >= 4 is 21.5 Å². The minimum atomic E-state index is -3.41. The van der Waals surface area contributed by atoms with Crippen LogP contribution in [0, 0.1) is 12.8 Å². The predicted octanol–water partition coefficient (Wildman–Crippen LogP) is 1.12. The van der Waals surface area contributed by atoms with Crippen LogP contribution >= 0.6 is 11.3 Å². The first-order valence-electron chi connectivity index (χ1n) is 8.38. The Morgan fingerprint density at radius 2 is 2.00 bits per heavy atom. The number of hydrogen-bond donors (Lipinski definition) is 1. The first kappa shape index (κ1) is 18.3. The summed E-state index contributed by atoms with van der Waals surface area (Å²) < 4.78 is 27.6. The van der Waals surface area contributed by atoms with Gasteiger partial charge in [-0.15, -0.1) is 11.3 Å². The molecule has 3 rings (SSSR count). The molecule has 0 aromatic carbocycles. The fourth-order valence-corrected chi connectivity index (χ4v) is 5.80. The molecule has 0 unspecified atom stereocenters. The van der Waals surface area contributed by atoms with Gasteiger partial charge in [-0.25, -0.2) is 0 Å². The number of nitrogens with zero attached hydrogens (tertiary/aromatic N) is 3. The van der Waals surface area contributed by atoms with Crippen LogP contribution in [-0.2, 0) is 16.8 Å². The van der Waals surface area contributed by atoms with Gasteiger partial charge in [-0.3, -0.25) is 4.90 Å². The average Bonchev–Trinajstić information content (AvgIpc) is 2.92. The molecule has 0 amide bonds. The number of likely N-dealkylation sites (tertiary alicyclic amines) is 1. The van der Waals surface area contributed by atoms with Crippen LogP contribution in [0.2, 0.25) is 0 Å². The minimum Gasteiger partial charge on any atom is -0.389 e. The monoisotopic (exact) mass is 373 g/mol. The number of aryl methyl sites for hydroxylation is 1. The third-order valence-corrected chi connectivity index (χ3v) is 8.17. The largest absolute Gasteiger partial charge is 0.389 e. The molecule has 0 radical (unpaired) electrons. The van der Waals surface area contributed by atoms with Crippen molar-refractivity contribution in [2.75, 3.05) is 40.3 Å². The van der Waals surface area contributed by atoms with Crippen LogP contribution in [0.15, 0.2) is 12.1 Å². The van der Waals surface area contributed by atoms with E-state index in [1.165, 1.54) is 18.4 Å². The number of thiophene rings is 1. The number of fused-ring (bicyclic) bond motifs is 1. The number of hydrogen-bond acceptors (Lipinski definition) is 5. The Hall–Kier alpha value is -0.510. The fourth-order valence-electron chi connectivity index (χ4n) is 3.72. The van der Waals surface area contributed by atoms with Crippen molar-refractivity contribution in [1.29, 1.82) is 0 Å². The van der Waals surface area contributed by atoms with Crippen molar-refractivity contribution in [1.82, 2.24) is 13.5 Å². The molecule has 0 spiro atoms. The number of aliphatic hydroxyl groups is 1. The van der Waals surface area contributed by atoms with E-state index in [0.717, 1.165) is 26.1 Å². The first-order chi connectivity index (χ1) is 11.2. The standard InChI is InChI=1S/C16H27N3O3S2/c1-13-4-5-15(23-13)12-18-8-6-16(20)7-9-19(11-14(16)10-18)24(21,22)17(2)3/h4-5,14,20H,6-12H2,1-3H3/t14-,16-/m0/s1. The zero-order valence-electron chi connectivity index (χ0n) is 14.6. The van der Waals surface area contributed by atoms with Crippen LogP contribution in [-0.4, -0.2) is 72.9 Å². The van der Waals surface area contributed by atoms with Crippen LogP contribution in [0.25, 0.3) is 0 Å². The third kappa shape index (κ3) is 3.54. The zero-order valence-corrected chi connectivity index (χ0v) is 16.2. The molecule has 2 aliphatic rings. The summed E-state index contributed by atoms with van der Waals surface area (Å²) in [6.07, 6.45) is 1.24. The summed E-state index contributed by atoms with van der Waals surface area (Å²) in [5.41, 5.74) is -0.722. The van der Waals surface area contributed by atoms with Gasteiger partial charge in [-0.1, -0.05) is 0 Å².